The van der Waals surface area contributed by atoms with Crippen molar-refractivity contribution in [2.75, 3.05) is 0 Å². The lowest BCUT2D eigenvalue weighted by molar-refractivity contribution is 0.182. The Balaban J connectivity index is 1.20. The van der Waals surface area contributed by atoms with Crippen molar-refractivity contribution in [2.24, 2.45) is 5.92 Å². The largest absolute Gasteiger partial charge is 0.465 e. The number of rotatable bonds is 6. The minimum absolute atomic E-state index is 0.136. The first-order valence-electron chi connectivity index (χ1n) is 13.6. The molecule has 3 saturated carbocycles. The molecule has 0 atom stereocenters. The Labute approximate surface area is 212 Å². The lowest BCUT2D eigenvalue weighted by Gasteiger charge is -2.35. The summed E-state index contributed by atoms with van der Waals surface area (Å²) in [7, 11) is 0. The Bertz CT molecular complexity index is 967. The third kappa shape index (κ3) is 5.81. The first-order chi connectivity index (χ1) is 16.5. The van der Waals surface area contributed by atoms with Crippen molar-refractivity contribution >= 4 is 32.9 Å². The van der Waals surface area contributed by atoms with Gasteiger partial charge in [-0.25, -0.2) is 4.79 Å². The number of fused-ring (bicyclic) bond motifs is 1. The maximum Gasteiger partial charge on any atom is 0.404 e. The zero-order valence-corrected chi connectivity index (χ0v) is 21.9. The second-order valence-corrected chi connectivity index (χ2v) is 12.0. The number of carbonyl (C=O) groups is 1. The molecule has 3 N–H and O–H groups in total. The van der Waals surface area contributed by atoms with Crippen LogP contribution < -0.4 is 10.6 Å². The molecule has 0 saturated heterocycles. The van der Waals surface area contributed by atoms with E-state index in [1.165, 1.54) is 79.7 Å². The van der Waals surface area contributed by atoms with Gasteiger partial charge in [-0.1, -0.05) is 35.2 Å². The van der Waals surface area contributed by atoms with Gasteiger partial charge in [0.15, 0.2) is 0 Å². The molecule has 1 aromatic carbocycles. The molecule has 6 heteroatoms. The van der Waals surface area contributed by atoms with Gasteiger partial charge >= 0.3 is 6.09 Å². The summed E-state index contributed by atoms with van der Waals surface area (Å²) in [5.41, 5.74) is 2.97. The zero-order valence-electron chi connectivity index (χ0n) is 20.3. The summed E-state index contributed by atoms with van der Waals surface area (Å²) in [5, 5.41) is 17.0. The van der Waals surface area contributed by atoms with Crippen LogP contribution in [0.25, 0.3) is 10.9 Å². The Morgan fingerprint density at radius 2 is 1.56 bits per heavy atom. The summed E-state index contributed by atoms with van der Waals surface area (Å²) < 4.78 is 3.75. The van der Waals surface area contributed by atoms with Gasteiger partial charge in [0.05, 0.1) is 0 Å². The predicted molar refractivity (Wildman–Crippen MR) is 142 cm³/mol. The summed E-state index contributed by atoms with van der Waals surface area (Å²) in [4.78, 5) is 10.9. The fraction of sp³-hybridized carbons (Fsp3) is 0.679. The second kappa shape index (κ2) is 11.0. The van der Waals surface area contributed by atoms with Crippen LogP contribution in [0.4, 0.5) is 4.79 Å². The van der Waals surface area contributed by atoms with Crippen molar-refractivity contribution in [2.45, 2.75) is 114 Å². The monoisotopic (exact) mass is 529 g/mol. The highest BCUT2D eigenvalue weighted by Crippen LogP contribution is 2.39. The van der Waals surface area contributed by atoms with Gasteiger partial charge in [0.1, 0.15) is 0 Å². The maximum absolute atomic E-state index is 10.9. The van der Waals surface area contributed by atoms with Crippen LogP contribution in [-0.2, 0) is 6.54 Å². The summed E-state index contributed by atoms with van der Waals surface area (Å²) in [5.74, 6) is 1.49. The average Bonchev–Trinajstić information content (AvgIpc) is 3.18. The Hall–Kier alpha value is -1.53. The highest BCUT2D eigenvalue weighted by Gasteiger charge is 2.29. The van der Waals surface area contributed by atoms with Gasteiger partial charge in [0, 0.05) is 46.2 Å². The van der Waals surface area contributed by atoms with Crippen LogP contribution in [0.5, 0.6) is 0 Å². The number of nitrogens with one attached hydrogen (secondary N) is 2. The molecule has 1 aromatic heterocycles. The smallest absolute Gasteiger partial charge is 0.404 e. The van der Waals surface area contributed by atoms with Gasteiger partial charge < -0.3 is 20.3 Å². The van der Waals surface area contributed by atoms with Crippen LogP contribution in [0, 0.1) is 5.92 Å². The molecular weight excluding hydrogens is 490 g/mol. The van der Waals surface area contributed by atoms with E-state index in [9.17, 15) is 4.79 Å². The van der Waals surface area contributed by atoms with Crippen LogP contribution in [0.2, 0.25) is 0 Å². The first-order valence-corrected chi connectivity index (χ1v) is 14.4. The van der Waals surface area contributed by atoms with Crippen molar-refractivity contribution in [1.29, 1.82) is 0 Å². The molecule has 0 spiro atoms. The van der Waals surface area contributed by atoms with Crippen molar-refractivity contribution in [3.8, 4) is 0 Å². The quantitative estimate of drug-likeness (QED) is 0.371. The van der Waals surface area contributed by atoms with E-state index in [-0.39, 0.29) is 6.04 Å². The van der Waals surface area contributed by atoms with Crippen molar-refractivity contribution in [3.63, 3.8) is 0 Å². The molecule has 5 rings (SSSR count). The molecular formula is C28H40BrN3O2. The molecule has 5 nitrogen and oxygen atoms in total. The van der Waals surface area contributed by atoms with E-state index in [0.717, 1.165) is 31.6 Å². The summed E-state index contributed by atoms with van der Waals surface area (Å²) in [6.07, 6.45) is 17.6. The van der Waals surface area contributed by atoms with Crippen molar-refractivity contribution in [3.05, 3.63) is 34.4 Å². The fourth-order valence-electron chi connectivity index (χ4n) is 6.90. The average molecular weight is 531 g/mol. The number of nitrogens with zero attached hydrogens (tertiary/aromatic N) is 1. The molecule has 34 heavy (non-hydrogen) atoms. The first kappa shape index (κ1) is 24.2. The molecule has 0 bridgehead atoms. The van der Waals surface area contributed by atoms with Crippen LogP contribution in [0.3, 0.4) is 0 Å². The van der Waals surface area contributed by atoms with E-state index >= 15 is 0 Å². The SMILES string of the molecule is O=C(O)N[C@H]1CC[C@H](NC2CCC(c3cn(CC4CCCCC4)c4ccc(Br)cc34)CC2)CC1. The number of hydrogen-bond acceptors (Lipinski definition) is 2. The van der Waals surface area contributed by atoms with Gasteiger partial charge in [0.25, 0.3) is 0 Å². The standard InChI is InChI=1S/C28H40BrN3O2/c29-21-8-15-27-25(16-21)26(18-32(27)17-19-4-2-1-3-5-19)20-6-9-22(10-7-20)30-23-11-13-24(14-12-23)31-28(33)34/h8,15-16,18-20,22-24,30-31H,1-7,9-14,17H2,(H,33,34)/t20?,22?,23-,24-. The molecule has 2 aromatic rings. The minimum atomic E-state index is -0.887. The van der Waals surface area contributed by atoms with E-state index in [2.05, 4.69) is 55.5 Å². The Morgan fingerprint density at radius 3 is 2.24 bits per heavy atom. The number of hydrogen-bond donors (Lipinski definition) is 3. The number of aromatic nitrogens is 1. The fourth-order valence-corrected chi connectivity index (χ4v) is 7.27. The van der Waals surface area contributed by atoms with Crippen LogP contribution >= 0.6 is 15.9 Å². The van der Waals surface area contributed by atoms with Crippen molar-refractivity contribution in [1.82, 2.24) is 15.2 Å². The molecule has 3 aliphatic carbocycles. The molecule has 0 unspecified atom stereocenters. The molecule has 1 heterocycles. The van der Waals surface area contributed by atoms with Gasteiger partial charge in [-0.2, -0.15) is 0 Å². The molecule has 3 aliphatic rings. The molecule has 1 amide bonds. The van der Waals surface area contributed by atoms with E-state index in [1.54, 1.807) is 5.56 Å². The number of carboxylic acid groups (broad SMARTS) is 1. The highest BCUT2D eigenvalue weighted by atomic mass is 79.9. The summed E-state index contributed by atoms with van der Waals surface area (Å²) in [6, 6.07) is 8.14. The van der Waals surface area contributed by atoms with Gasteiger partial charge in [0.2, 0.25) is 0 Å². The molecule has 3 fully saturated rings. The van der Waals surface area contributed by atoms with E-state index in [1.807, 2.05) is 0 Å². The molecule has 0 aliphatic heterocycles. The maximum atomic E-state index is 10.9. The summed E-state index contributed by atoms with van der Waals surface area (Å²) >= 11 is 3.72. The normalized spacial score (nSPS) is 28.7. The topological polar surface area (TPSA) is 66.3 Å². The van der Waals surface area contributed by atoms with E-state index in [4.69, 9.17) is 5.11 Å². The second-order valence-electron chi connectivity index (χ2n) is 11.1. The number of amides is 1. The van der Waals surface area contributed by atoms with E-state index < -0.39 is 6.09 Å². The lowest BCUT2D eigenvalue weighted by Crippen LogP contribution is -2.45. The van der Waals surface area contributed by atoms with Crippen LogP contribution in [0.15, 0.2) is 28.9 Å². The predicted octanol–water partition coefficient (Wildman–Crippen LogP) is 7.18. The number of halogens is 1. The van der Waals surface area contributed by atoms with Gasteiger partial charge in [-0.15, -0.1) is 0 Å². The highest BCUT2D eigenvalue weighted by molar-refractivity contribution is 9.10. The third-order valence-electron chi connectivity index (χ3n) is 8.75. The zero-order chi connectivity index (χ0) is 23.5. The summed E-state index contributed by atoms with van der Waals surface area (Å²) in [6.45, 7) is 1.18. The lowest BCUT2D eigenvalue weighted by atomic mass is 9.81. The molecule has 0 radical (unpaired) electrons. The third-order valence-corrected chi connectivity index (χ3v) is 9.24. The number of benzene rings is 1. The minimum Gasteiger partial charge on any atom is -0.465 e. The van der Waals surface area contributed by atoms with Gasteiger partial charge in [-0.3, -0.25) is 0 Å². The Kier molecular flexibility index (Phi) is 7.84. The molecule has 186 valence electrons. The van der Waals surface area contributed by atoms with Crippen LogP contribution in [0.1, 0.15) is 95.0 Å². The van der Waals surface area contributed by atoms with Gasteiger partial charge in [-0.05, 0) is 99.8 Å². The van der Waals surface area contributed by atoms with E-state index in [0.29, 0.717) is 18.0 Å². The Morgan fingerprint density at radius 1 is 0.912 bits per heavy atom. The van der Waals surface area contributed by atoms with Crippen molar-refractivity contribution < 1.29 is 9.90 Å². The van der Waals surface area contributed by atoms with Crippen LogP contribution in [-0.4, -0.2) is 33.9 Å².